The molecule has 6 heteroatoms. The fraction of sp³-hybridized carbons (Fsp3) is 0.533. The van der Waals surface area contributed by atoms with E-state index in [-0.39, 0.29) is 24.2 Å². The summed E-state index contributed by atoms with van der Waals surface area (Å²) in [4.78, 5) is 11.9. The molecule has 1 aliphatic heterocycles. The second-order valence-corrected chi connectivity index (χ2v) is 6.02. The molecule has 1 heterocycles. The molecule has 1 fully saturated rings. The minimum absolute atomic E-state index is 0. The van der Waals surface area contributed by atoms with Crippen molar-refractivity contribution in [3.8, 4) is 0 Å². The molecule has 1 amide bonds. The molecule has 2 N–H and O–H groups in total. The summed E-state index contributed by atoms with van der Waals surface area (Å²) >= 11 is 12.0. The van der Waals surface area contributed by atoms with Crippen molar-refractivity contribution in [2.75, 3.05) is 19.6 Å². The van der Waals surface area contributed by atoms with Gasteiger partial charge in [-0.2, -0.15) is 0 Å². The minimum Gasteiger partial charge on any atom is -0.356 e. The summed E-state index contributed by atoms with van der Waals surface area (Å²) in [5.74, 6) is 0.294. The number of benzene rings is 1. The van der Waals surface area contributed by atoms with Crippen LogP contribution in [0.3, 0.4) is 0 Å². The molecular formula is C15H21Cl3N2O. The molecular weight excluding hydrogens is 331 g/mol. The van der Waals surface area contributed by atoms with E-state index >= 15 is 0 Å². The molecule has 1 aromatic rings. The molecule has 3 nitrogen and oxygen atoms in total. The van der Waals surface area contributed by atoms with E-state index in [4.69, 9.17) is 23.2 Å². The number of rotatable bonds is 5. The van der Waals surface area contributed by atoms with Crippen LogP contribution in [0.1, 0.15) is 24.8 Å². The molecule has 1 aliphatic rings. The van der Waals surface area contributed by atoms with Gasteiger partial charge in [-0.05, 0) is 49.9 Å². The van der Waals surface area contributed by atoms with Crippen molar-refractivity contribution < 1.29 is 4.79 Å². The SMILES string of the molecule is Cl.O=C(NCCCc1ccc(Cl)cc1Cl)C1CCCNC1. The summed E-state index contributed by atoms with van der Waals surface area (Å²) < 4.78 is 0. The number of hydrogen-bond donors (Lipinski definition) is 2. The normalized spacial score (nSPS) is 17.9. The third kappa shape index (κ3) is 6.03. The molecule has 21 heavy (non-hydrogen) atoms. The number of nitrogens with one attached hydrogen (secondary N) is 2. The molecule has 0 radical (unpaired) electrons. The van der Waals surface area contributed by atoms with E-state index in [1.165, 1.54) is 0 Å². The van der Waals surface area contributed by atoms with Crippen LogP contribution in [0, 0.1) is 5.92 Å². The van der Waals surface area contributed by atoms with Gasteiger partial charge < -0.3 is 10.6 Å². The molecule has 1 saturated heterocycles. The first-order valence-electron chi connectivity index (χ1n) is 7.09. The predicted octanol–water partition coefficient (Wildman–Crippen LogP) is 3.46. The first kappa shape index (κ1) is 18.6. The van der Waals surface area contributed by atoms with E-state index in [1.54, 1.807) is 6.07 Å². The molecule has 0 spiro atoms. The predicted molar refractivity (Wildman–Crippen MR) is 90.6 cm³/mol. The molecule has 1 unspecified atom stereocenters. The van der Waals surface area contributed by atoms with E-state index in [0.29, 0.717) is 16.6 Å². The molecule has 1 atom stereocenters. The standard InChI is InChI=1S/C15H20Cl2N2O.ClH/c16-13-6-5-11(14(17)9-13)3-2-8-19-15(20)12-4-1-7-18-10-12;/h5-6,9,12,18H,1-4,7-8,10H2,(H,19,20);1H. The Hall–Kier alpha value is -0.480. The summed E-state index contributed by atoms with van der Waals surface area (Å²) in [5.41, 5.74) is 1.07. The molecule has 0 bridgehead atoms. The summed E-state index contributed by atoms with van der Waals surface area (Å²) in [7, 11) is 0. The monoisotopic (exact) mass is 350 g/mol. The van der Waals surface area contributed by atoms with Crippen molar-refractivity contribution in [3.63, 3.8) is 0 Å². The smallest absolute Gasteiger partial charge is 0.224 e. The zero-order valence-corrected chi connectivity index (χ0v) is 14.2. The lowest BCUT2D eigenvalue weighted by atomic mass is 9.99. The summed E-state index contributed by atoms with van der Waals surface area (Å²) in [5, 5.41) is 7.60. The maximum absolute atomic E-state index is 11.9. The molecule has 2 rings (SSSR count). The van der Waals surface area contributed by atoms with E-state index in [0.717, 1.165) is 44.3 Å². The molecule has 1 aromatic carbocycles. The van der Waals surface area contributed by atoms with Crippen molar-refractivity contribution in [2.24, 2.45) is 5.92 Å². The average Bonchev–Trinajstić information content (AvgIpc) is 2.46. The second-order valence-electron chi connectivity index (χ2n) is 5.17. The zero-order chi connectivity index (χ0) is 14.4. The van der Waals surface area contributed by atoms with Gasteiger partial charge in [-0.15, -0.1) is 12.4 Å². The van der Waals surface area contributed by atoms with E-state index in [2.05, 4.69) is 10.6 Å². The van der Waals surface area contributed by atoms with Crippen LogP contribution in [-0.2, 0) is 11.2 Å². The fourth-order valence-electron chi connectivity index (χ4n) is 2.43. The van der Waals surface area contributed by atoms with Crippen LogP contribution in [0.2, 0.25) is 10.0 Å². The van der Waals surface area contributed by atoms with Crippen LogP contribution in [0.4, 0.5) is 0 Å². The van der Waals surface area contributed by atoms with Gasteiger partial charge >= 0.3 is 0 Å². The Kier molecular flexibility index (Phi) is 8.42. The van der Waals surface area contributed by atoms with Crippen molar-refractivity contribution >= 4 is 41.5 Å². The zero-order valence-electron chi connectivity index (χ0n) is 11.8. The first-order chi connectivity index (χ1) is 9.66. The summed E-state index contributed by atoms with van der Waals surface area (Å²) in [6.07, 6.45) is 3.80. The number of hydrogen-bond acceptors (Lipinski definition) is 2. The number of piperidine rings is 1. The van der Waals surface area contributed by atoms with Gasteiger partial charge in [0.1, 0.15) is 0 Å². The van der Waals surface area contributed by atoms with Gasteiger partial charge in [0.2, 0.25) is 5.91 Å². The topological polar surface area (TPSA) is 41.1 Å². The maximum atomic E-state index is 11.9. The third-order valence-electron chi connectivity index (χ3n) is 3.60. The van der Waals surface area contributed by atoms with Gasteiger partial charge in [0, 0.05) is 23.1 Å². The second kappa shape index (κ2) is 9.52. The van der Waals surface area contributed by atoms with Gasteiger partial charge in [-0.3, -0.25) is 4.79 Å². The van der Waals surface area contributed by atoms with Crippen molar-refractivity contribution in [1.29, 1.82) is 0 Å². The van der Waals surface area contributed by atoms with Crippen LogP contribution in [0.5, 0.6) is 0 Å². The van der Waals surface area contributed by atoms with Crippen molar-refractivity contribution in [2.45, 2.75) is 25.7 Å². The Morgan fingerprint density at radius 2 is 2.19 bits per heavy atom. The summed E-state index contributed by atoms with van der Waals surface area (Å²) in [6.45, 7) is 2.52. The van der Waals surface area contributed by atoms with Crippen LogP contribution in [-0.4, -0.2) is 25.5 Å². The fourth-order valence-corrected chi connectivity index (χ4v) is 2.94. The Bertz CT molecular complexity index is 462. The number of carbonyl (C=O) groups is 1. The number of carbonyl (C=O) groups excluding carboxylic acids is 1. The van der Waals surface area contributed by atoms with Crippen LogP contribution in [0.25, 0.3) is 0 Å². The first-order valence-corrected chi connectivity index (χ1v) is 7.85. The number of halogens is 3. The molecule has 0 aliphatic carbocycles. The highest BCUT2D eigenvalue weighted by Crippen LogP contribution is 2.21. The molecule has 0 saturated carbocycles. The lowest BCUT2D eigenvalue weighted by molar-refractivity contribution is -0.125. The molecule has 118 valence electrons. The largest absolute Gasteiger partial charge is 0.356 e. The van der Waals surface area contributed by atoms with Crippen molar-refractivity contribution in [1.82, 2.24) is 10.6 Å². The average molecular weight is 352 g/mol. The highest BCUT2D eigenvalue weighted by Gasteiger charge is 2.19. The lowest BCUT2D eigenvalue weighted by Crippen LogP contribution is -2.40. The van der Waals surface area contributed by atoms with Gasteiger partial charge in [0.15, 0.2) is 0 Å². The van der Waals surface area contributed by atoms with Crippen LogP contribution < -0.4 is 10.6 Å². The van der Waals surface area contributed by atoms with Crippen LogP contribution >= 0.6 is 35.6 Å². The van der Waals surface area contributed by atoms with E-state index in [9.17, 15) is 4.79 Å². The van der Waals surface area contributed by atoms with E-state index in [1.807, 2.05) is 12.1 Å². The minimum atomic E-state index is 0. The lowest BCUT2D eigenvalue weighted by Gasteiger charge is -2.21. The third-order valence-corrected chi connectivity index (χ3v) is 4.19. The maximum Gasteiger partial charge on any atom is 0.224 e. The Morgan fingerprint density at radius 3 is 2.86 bits per heavy atom. The Morgan fingerprint density at radius 1 is 1.38 bits per heavy atom. The highest BCUT2D eigenvalue weighted by atomic mass is 35.5. The molecule has 0 aromatic heterocycles. The van der Waals surface area contributed by atoms with Crippen molar-refractivity contribution in [3.05, 3.63) is 33.8 Å². The number of amides is 1. The van der Waals surface area contributed by atoms with Gasteiger partial charge in [0.05, 0.1) is 5.92 Å². The summed E-state index contributed by atoms with van der Waals surface area (Å²) in [6, 6.07) is 5.54. The van der Waals surface area contributed by atoms with Crippen LogP contribution in [0.15, 0.2) is 18.2 Å². The van der Waals surface area contributed by atoms with Gasteiger partial charge in [-0.1, -0.05) is 29.3 Å². The van der Waals surface area contributed by atoms with E-state index < -0.39 is 0 Å². The van der Waals surface area contributed by atoms with Gasteiger partial charge in [0.25, 0.3) is 0 Å². The quantitative estimate of drug-likeness (QED) is 0.798. The number of aryl methyl sites for hydroxylation is 1. The Balaban J connectivity index is 0.00000220. The Labute approximate surface area is 142 Å². The highest BCUT2D eigenvalue weighted by molar-refractivity contribution is 6.35. The van der Waals surface area contributed by atoms with Gasteiger partial charge in [-0.25, -0.2) is 0 Å².